The van der Waals surface area contributed by atoms with Crippen molar-refractivity contribution < 1.29 is 28.6 Å². The van der Waals surface area contributed by atoms with Crippen LogP contribution in [0.15, 0.2) is 64.7 Å². The Balaban J connectivity index is 1.39. The van der Waals surface area contributed by atoms with Gasteiger partial charge >= 0.3 is 6.09 Å². The van der Waals surface area contributed by atoms with Gasteiger partial charge in [0.25, 0.3) is 11.9 Å². The molecule has 12 nitrogen and oxygen atoms in total. The van der Waals surface area contributed by atoms with Gasteiger partial charge < -0.3 is 34.1 Å². The van der Waals surface area contributed by atoms with E-state index in [1.54, 1.807) is 34.8 Å². The maximum absolute atomic E-state index is 14.2. The predicted octanol–water partition coefficient (Wildman–Crippen LogP) is 3.76. The van der Waals surface area contributed by atoms with Crippen molar-refractivity contribution in [2.24, 2.45) is 0 Å². The topological polar surface area (TPSA) is 134 Å². The van der Waals surface area contributed by atoms with E-state index in [1.807, 2.05) is 56.1 Å². The molecule has 0 radical (unpaired) electrons. The van der Waals surface area contributed by atoms with Gasteiger partial charge in [0, 0.05) is 38.4 Å². The lowest BCUT2D eigenvalue weighted by atomic mass is 10.0. The molecule has 240 valence electrons. The number of anilines is 1. The second-order valence-corrected chi connectivity index (χ2v) is 12.0. The van der Waals surface area contributed by atoms with Gasteiger partial charge in [-0.05, 0) is 44.0 Å². The van der Waals surface area contributed by atoms with E-state index in [2.05, 4.69) is 20.2 Å². The number of aromatic nitrogens is 2. The van der Waals surface area contributed by atoms with E-state index in [-0.39, 0.29) is 25.2 Å². The molecule has 2 unspecified atom stereocenters. The Bertz CT molecular complexity index is 1530. The summed E-state index contributed by atoms with van der Waals surface area (Å²) in [6, 6.07) is 14.5. The predicted molar refractivity (Wildman–Crippen MR) is 171 cm³/mol. The Morgan fingerprint density at radius 2 is 1.96 bits per heavy atom. The number of rotatable bonds is 13. The number of aliphatic hydroxyl groups excluding tert-OH is 1. The van der Waals surface area contributed by atoms with Crippen LogP contribution in [0.1, 0.15) is 34.6 Å². The maximum atomic E-state index is 14.2. The van der Waals surface area contributed by atoms with Crippen molar-refractivity contribution in [3.05, 3.63) is 76.2 Å². The molecule has 3 atom stereocenters. The summed E-state index contributed by atoms with van der Waals surface area (Å²) in [6.45, 7) is 7.09. The molecule has 1 aliphatic rings. The Kier molecular flexibility index (Phi) is 11.0. The third-order valence-electron chi connectivity index (χ3n) is 7.99. The number of benzene rings is 2. The first-order valence-electron chi connectivity index (χ1n) is 15.1. The zero-order chi connectivity index (χ0) is 31.8. The van der Waals surface area contributed by atoms with Gasteiger partial charge in [-0.1, -0.05) is 30.3 Å². The summed E-state index contributed by atoms with van der Waals surface area (Å²) in [7, 11) is 1.89. The quantitative estimate of drug-likeness (QED) is 0.224. The Hall–Kier alpha value is -4.04. The van der Waals surface area contributed by atoms with Crippen LogP contribution in [0.25, 0.3) is 11.1 Å². The van der Waals surface area contributed by atoms with E-state index in [9.17, 15) is 14.7 Å². The summed E-state index contributed by atoms with van der Waals surface area (Å²) in [5.41, 5.74) is 4.16. The van der Waals surface area contributed by atoms with Crippen LogP contribution < -0.4 is 10.2 Å². The standard InChI is InChI=1S/C32H40N6O6S/c1-4-36(3)31-34-26-11-10-24(17-29(26)44-31)30(40)38(22(2)37-12-14-42-15-13-37)19-28(39)27(16-23-8-6-5-7-9-23)35-32(41)43-20-25-18-33-21-45-25/h5-11,17-18,21-22,27-28,39H,4,12-16,19-20H2,1-3H3,(H,35,41)/t22?,27-,28?/m0/s1. The number of nitrogens with zero attached hydrogens (tertiary/aromatic N) is 5. The van der Waals surface area contributed by atoms with Crippen molar-refractivity contribution in [2.75, 3.05) is 51.3 Å². The summed E-state index contributed by atoms with van der Waals surface area (Å²) < 4.78 is 16.9. The van der Waals surface area contributed by atoms with Crippen molar-refractivity contribution in [2.45, 2.75) is 45.2 Å². The number of aliphatic hydroxyl groups is 1. The van der Waals surface area contributed by atoms with Crippen LogP contribution in [-0.4, -0.2) is 102 Å². The SMILES string of the molecule is CCN(C)c1nc2ccc(C(=O)N(CC(O)[C@H](Cc3ccccc3)NC(=O)OCc3cncs3)C(C)N3CCOCC3)cc2o1. The molecule has 2 N–H and O–H groups in total. The minimum atomic E-state index is -1.12. The molecule has 5 rings (SSSR count). The fourth-order valence-electron chi connectivity index (χ4n) is 5.19. The van der Waals surface area contributed by atoms with Gasteiger partial charge in [-0.3, -0.25) is 14.7 Å². The van der Waals surface area contributed by atoms with E-state index >= 15 is 0 Å². The number of oxazole rings is 1. The fraction of sp³-hybridized carbons (Fsp3) is 0.438. The van der Waals surface area contributed by atoms with Crippen molar-refractivity contribution in [1.29, 1.82) is 0 Å². The first kappa shape index (κ1) is 32.4. The second-order valence-electron chi connectivity index (χ2n) is 11.0. The summed E-state index contributed by atoms with van der Waals surface area (Å²) in [4.78, 5) is 42.1. The van der Waals surface area contributed by atoms with Gasteiger partial charge in [-0.2, -0.15) is 4.98 Å². The number of hydrogen-bond donors (Lipinski definition) is 2. The number of amides is 2. The summed E-state index contributed by atoms with van der Waals surface area (Å²) in [6.07, 6.45) is -0.162. The first-order chi connectivity index (χ1) is 21.8. The molecule has 0 aliphatic carbocycles. The maximum Gasteiger partial charge on any atom is 0.407 e. The van der Waals surface area contributed by atoms with Crippen LogP contribution in [0, 0.1) is 0 Å². The van der Waals surface area contributed by atoms with Crippen LogP contribution in [-0.2, 0) is 22.5 Å². The highest BCUT2D eigenvalue weighted by Gasteiger charge is 2.33. The zero-order valence-corrected chi connectivity index (χ0v) is 26.6. The van der Waals surface area contributed by atoms with E-state index in [1.165, 1.54) is 11.3 Å². The van der Waals surface area contributed by atoms with Crippen molar-refractivity contribution >= 4 is 40.5 Å². The Morgan fingerprint density at radius 3 is 2.67 bits per heavy atom. The lowest BCUT2D eigenvalue weighted by Crippen LogP contribution is -2.57. The Labute approximate surface area is 266 Å². The number of morpholine rings is 1. The minimum Gasteiger partial charge on any atom is -0.444 e. The summed E-state index contributed by atoms with van der Waals surface area (Å²) in [5, 5.41) is 14.5. The molecule has 1 fully saturated rings. The van der Waals surface area contributed by atoms with E-state index < -0.39 is 18.2 Å². The Morgan fingerprint density at radius 1 is 1.18 bits per heavy atom. The van der Waals surface area contributed by atoms with Crippen LogP contribution in [0.2, 0.25) is 0 Å². The van der Waals surface area contributed by atoms with Gasteiger partial charge in [-0.15, -0.1) is 11.3 Å². The normalized spacial score (nSPS) is 15.7. The molecule has 2 aromatic heterocycles. The lowest BCUT2D eigenvalue weighted by Gasteiger charge is -2.41. The third kappa shape index (κ3) is 8.37. The van der Waals surface area contributed by atoms with Crippen LogP contribution in [0.3, 0.4) is 0 Å². The van der Waals surface area contributed by atoms with Gasteiger partial charge in [0.2, 0.25) is 0 Å². The van der Waals surface area contributed by atoms with Crippen molar-refractivity contribution in [3.63, 3.8) is 0 Å². The molecule has 2 aromatic carbocycles. The monoisotopic (exact) mass is 636 g/mol. The minimum absolute atomic E-state index is 0.0394. The zero-order valence-electron chi connectivity index (χ0n) is 25.8. The second kappa shape index (κ2) is 15.3. The van der Waals surface area contributed by atoms with Crippen molar-refractivity contribution in [1.82, 2.24) is 25.1 Å². The molecule has 13 heteroatoms. The smallest absolute Gasteiger partial charge is 0.407 e. The number of alkyl carbamates (subject to hydrolysis) is 1. The van der Waals surface area contributed by atoms with Gasteiger partial charge in [0.1, 0.15) is 12.1 Å². The molecule has 4 aromatic rings. The lowest BCUT2D eigenvalue weighted by molar-refractivity contribution is -0.0328. The number of ether oxygens (including phenoxy) is 2. The summed E-state index contributed by atoms with van der Waals surface area (Å²) in [5.74, 6) is -0.275. The number of fused-ring (bicyclic) bond motifs is 1. The number of carbonyl (C=O) groups is 2. The average molecular weight is 637 g/mol. The molecular formula is C32H40N6O6S. The molecule has 1 aliphatic heterocycles. The first-order valence-corrected chi connectivity index (χ1v) is 16.0. The van der Waals surface area contributed by atoms with Gasteiger partial charge in [0.05, 0.1) is 48.5 Å². The molecule has 0 saturated carbocycles. The van der Waals surface area contributed by atoms with Crippen LogP contribution in [0.5, 0.6) is 0 Å². The molecule has 45 heavy (non-hydrogen) atoms. The largest absolute Gasteiger partial charge is 0.444 e. The summed E-state index contributed by atoms with van der Waals surface area (Å²) >= 11 is 1.39. The fourth-order valence-corrected chi connectivity index (χ4v) is 5.69. The molecule has 1 saturated heterocycles. The van der Waals surface area contributed by atoms with E-state index in [0.717, 1.165) is 17.0 Å². The highest BCUT2D eigenvalue weighted by molar-refractivity contribution is 7.09. The van der Waals surface area contributed by atoms with E-state index in [4.69, 9.17) is 13.9 Å². The number of carbonyl (C=O) groups excluding carboxylic acids is 2. The van der Waals surface area contributed by atoms with Crippen LogP contribution in [0.4, 0.5) is 10.8 Å². The van der Waals surface area contributed by atoms with Gasteiger partial charge in [0.15, 0.2) is 5.58 Å². The van der Waals surface area contributed by atoms with Crippen LogP contribution >= 0.6 is 11.3 Å². The molecule has 0 spiro atoms. The number of nitrogens with one attached hydrogen (secondary N) is 1. The molecule has 0 bridgehead atoms. The number of thiazole rings is 1. The van der Waals surface area contributed by atoms with Gasteiger partial charge in [-0.25, -0.2) is 4.79 Å². The average Bonchev–Trinajstić information content (AvgIpc) is 3.76. The molecular weight excluding hydrogens is 596 g/mol. The molecule has 3 heterocycles. The highest BCUT2D eigenvalue weighted by Crippen LogP contribution is 2.24. The molecule has 2 amide bonds. The number of hydrogen-bond acceptors (Lipinski definition) is 11. The van der Waals surface area contributed by atoms with E-state index in [0.29, 0.717) is 55.4 Å². The highest BCUT2D eigenvalue weighted by atomic mass is 32.1. The third-order valence-corrected chi connectivity index (χ3v) is 8.74. The van der Waals surface area contributed by atoms with Crippen molar-refractivity contribution in [3.8, 4) is 0 Å².